The Hall–Kier alpha value is -1.02. The van der Waals surface area contributed by atoms with Crippen LogP contribution in [0.2, 0.25) is 0 Å². The lowest BCUT2D eigenvalue weighted by Gasteiger charge is -2.32. The largest absolute Gasteiger partial charge is 0.490 e. The van der Waals surface area contributed by atoms with Crippen molar-refractivity contribution >= 4 is 0 Å². The van der Waals surface area contributed by atoms with Crippen LogP contribution in [0.5, 0.6) is 5.75 Å². The summed E-state index contributed by atoms with van der Waals surface area (Å²) in [6.45, 7) is 6.77. The average Bonchev–Trinajstić information content (AvgIpc) is 2.16. The summed E-state index contributed by atoms with van der Waals surface area (Å²) >= 11 is 0. The first kappa shape index (κ1) is 12.4. The van der Waals surface area contributed by atoms with E-state index in [0.717, 1.165) is 25.0 Å². The van der Waals surface area contributed by atoms with Crippen molar-refractivity contribution in [3.05, 3.63) is 29.8 Å². The number of hydrogen-bond acceptors (Lipinski definition) is 2. The minimum absolute atomic E-state index is 0.332. The molecule has 0 spiro atoms. The maximum Gasteiger partial charge on any atom is 0.119 e. The highest BCUT2D eigenvalue weighted by Gasteiger charge is 2.27. The van der Waals surface area contributed by atoms with E-state index in [2.05, 4.69) is 45.0 Å². The molecule has 1 fully saturated rings. The smallest absolute Gasteiger partial charge is 0.119 e. The molecule has 1 saturated carbocycles. The van der Waals surface area contributed by atoms with Crippen molar-refractivity contribution in [3.8, 4) is 5.75 Å². The van der Waals surface area contributed by atoms with Gasteiger partial charge in [-0.2, -0.15) is 0 Å². The predicted octanol–water partition coefficient (Wildman–Crippen LogP) is 3.14. The summed E-state index contributed by atoms with van der Waals surface area (Å²) < 4.78 is 5.83. The molecule has 0 aromatic heterocycles. The Morgan fingerprint density at radius 3 is 2.24 bits per heavy atom. The van der Waals surface area contributed by atoms with E-state index in [1.807, 2.05) is 0 Å². The third-order valence-electron chi connectivity index (χ3n) is 3.09. The van der Waals surface area contributed by atoms with Crippen molar-refractivity contribution in [2.75, 3.05) is 0 Å². The highest BCUT2D eigenvalue weighted by atomic mass is 16.5. The van der Waals surface area contributed by atoms with Gasteiger partial charge in [0.1, 0.15) is 11.9 Å². The number of benzene rings is 1. The molecule has 0 heterocycles. The fraction of sp³-hybridized carbons (Fsp3) is 0.600. The number of rotatable bonds is 3. The fourth-order valence-corrected chi connectivity index (χ4v) is 2.19. The summed E-state index contributed by atoms with van der Waals surface area (Å²) in [6.07, 6.45) is 3.41. The van der Waals surface area contributed by atoms with Gasteiger partial charge in [0.25, 0.3) is 0 Å². The summed E-state index contributed by atoms with van der Waals surface area (Å²) in [5.74, 6) is 0.972. The lowest BCUT2D eigenvalue weighted by atomic mass is 9.88. The molecule has 1 aromatic rings. The molecule has 2 N–H and O–H groups in total. The third-order valence-corrected chi connectivity index (χ3v) is 3.09. The summed E-state index contributed by atoms with van der Waals surface area (Å²) in [5, 5.41) is 0. The average molecular weight is 233 g/mol. The molecule has 17 heavy (non-hydrogen) atoms. The molecule has 1 aliphatic rings. The molecule has 0 bridgehead atoms. The van der Waals surface area contributed by atoms with Crippen molar-refractivity contribution in [2.24, 2.45) is 11.1 Å². The Morgan fingerprint density at radius 1 is 1.18 bits per heavy atom. The number of nitrogens with two attached hydrogens (primary N) is 1. The van der Waals surface area contributed by atoms with Crippen molar-refractivity contribution in [1.82, 2.24) is 0 Å². The maximum absolute atomic E-state index is 5.83. The van der Waals surface area contributed by atoms with Crippen LogP contribution in [0.4, 0.5) is 0 Å². The van der Waals surface area contributed by atoms with Crippen LogP contribution >= 0.6 is 0 Å². The van der Waals surface area contributed by atoms with Crippen LogP contribution in [0.25, 0.3) is 0 Å². The van der Waals surface area contributed by atoms with Crippen LogP contribution in [0.3, 0.4) is 0 Å². The van der Waals surface area contributed by atoms with Gasteiger partial charge < -0.3 is 10.5 Å². The van der Waals surface area contributed by atoms with Gasteiger partial charge in [0.15, 0.2) is 0 Å². The van der Waals surface area contributed by atoms with Crippen LogP contribution in [0, 0.1) is 5.41 Å². The Labute approximate surface area is 104 Å². The minimum atomic E-state index is 0.332. The zero-order chi connectivity index (χ0) is 12.5. The van der Waals surface area contributed by atoms with Gasteiger partial charge in [0.2, 0.25) is 0 Å². The van der Waals surface area contributed by atoms with E-state index >= 15 is 0 Å². The summed E-state index contributed by atoms with van der Waals surface area (Å²) in [4.78, 5) is 0. The molecular formula is C15H23NO. The second kappa shape index (κ2) is 4.69. The van der Waals surface area contributed by atoms with Crippen LogP contribution in [-0.4, -0.2) is 12.1 Å². The molecular weight excluding hydrogens is 210 g/mol. The normalized spacial score (nSPS) is 24.2. The third kappa shape index (κ3) is 3.74. The van der Waals surface area contributed by atoms with Crippen molar-refractivity contribution < 1.29 is 4.74 Å². The monoisotopic (exact) mass is 233 g/mol. The SMILES string of the molecule is CC(C)(C)Cc1ccc(O[C@H]2C[C@H](N)C2)cc1. The van der Waals surface area contributed by atoms with Crippen LogP contribution in [0.1, 0.15) is 39.2 Å². The lowest BCUT2D eigenvalue weighted by Crippen LogP contribution is -2.43. The lowest BCUT2D eigenvalue weighted by molar-refractivity contribution is 0.101. The molecule has 0 saturated heterocycles. The molecule has 0 unspecified atom stereocenters. The molecule has 1 aromatic carbocycles. The minimum Gasteiger partial charge on any atom is -0.490 e. The molecule has 0 radical (unpaired) electrons. The van der Waals surface area contributed by atoms with E-state index in [4.69, 9.17) is 10.5 Å². The molecule has 2 nitrogen and oxygen atoms in total. The van der Waals surface area contributed by atoms with E-state index in [1.165, 1.54) is 5.56 Å². The first-order valence-electron chi connectivity index (χ1n) is 6.43. The highest BCUT2D eigenvalue weighted by Crippen LogP contribution is 2.26. The quantitative estimate of drug-likeness (QED) is 0.870. The van der Waals surface area contributed by atoms with Gasteiger partial charge in [-0.15, -0.1) is 0 Å². The topological polar surface area (TPSA) is 35.2 Å². The van der Waals surface area contributed by atoms with E-state index in [1.54, 1.807) is 0 Å². The van der Waals surface area contributed by atoms with Gasteiger partial charge >= 0.3 is 0 Å². The van der Waals surface area contributed by atoms with Gasteiger partial charge in [0, 0.05) is 6.04 Å². The van der Waals surface area contributed by atoms with E-state index in [-0.39, 0.29) is 0 Å². The fourth-order valence-electron chi connectivity index (χ4n) is 2.19. The van der Waals surface area contributed by atoms with Crippen molar-refractivity contribution in [3.63, 3.8) is 0 Å². The van der Waals surface area contributed by atoms with Crippen LogP contribution in [0.15, 0.2) is 24.3 Å². The van der Waals surface area contributed by atoms with Crippen molar-refractivity contribution in [1.29, 1.82) is 0 Å². The van der Waals surface area contributed by atoms with Crippen molar-refractivity contribution in [2.45, 2.75) is 52.2 Å². The first-order valence-corrected chi connectivity index (χ1v) is 6.43. The summed E-state index contributed by atoms with van der Waals surface area (Å²) in [7, 11) is 0. The summed E-state index contributed by atoms with van der Waals surface area (Å²) in [6, 6.07) is 8.83. The molecule has 0 amide bonds. The van der Waals surface area contributed by atoms with Gasteiger partial charge in [0.05, 0.1) is 0 Å². The molecule has 2 heteroatoms. The van der Waals surface area contributed by atoms with E-state index < -0.39 is 0 Å². The molecule has 0 atom stereocenters. The molecule has 94 valence electrons. The maximum atomic E-state index is 5.83. The first-order chi connectivity index (χ1) is 7.92. The number of hydrogen-bond donors (Lipinski definition) is 1. The molecule has 1 aliphatic carbocycles. The second-order valence-corrected chi connectivity index (χ2v) is 6.35. The van der Waals surface area contributed by atoms with Crippen LogP contribution < -0.4 is 10.5 Å². The predicted molar refractivity (Wildman–Crippen MR) is 71.2 cm³/mol. The van der Waals surface area contributed by atoms with Crippen LogP contribution in [-0.2, 0) is 6.42 Å². The standard InChI is InChI=1S/C15H23NO/c1-15(2,3)10-11-4-6-13(7-5-11)17-14-8-12(16)9-14/h4-7,12,14H,8-10,16H2,1-3H3/t12-,14-. The van der Waals surface area contributed by atoms with Gasteiger partial charge in [-0.05, 0) is 42.4 Å². The van der Waals surface area contributed by atoms with Gasteiger partial charge in [-0.1, -0.05) is 32.9 Å². The zero-order valence-corrected chi connectivity index (χ0v) is 11.1. The molecule has 2 rings (SSSR count). The van der Waals surface area contributed by atoms with E-state index in [9.17, 15) is 0 Å². The second-order valence-electron chi connectivity index (χ2n) is 6.35. The Kier molecular flexibility index (Phi) is 3.43. The van der Waals surface area contributed by atoms with Gasteiger partial charge in [-0.25, -0.2) is 0 Å². The Balaban J connectivity index is 1.89. The number of ether oxygens (including phenoxy) is 1. The Bertz CT molecular complexity index is 358. The van der Waals surface area contributed by atoms with Gasteiger partial charge in [-0.3, -0.25) is 0 Å². The molecule has 0 aliphatic heterocycles. The highest BCUT2D eigenvalue weighted by molar-refractivity contribution is 5.28. The Morgan fingerprint density at radius 2 is 1.76 bits per heavy atom. The zero-order valence-electron chi connectivity index (χ0n) is 11.1. The van der Waals surface area contributed by atoms with E-state index in [0.29, 0.717) is 17.6 Å². The summed E-state index contributed by atoms with van der Waals surface area (Å²) in [5.41, 5.74) is 7.44.